The van der Waals surface area contributed by atoms with Gasteiger partial charge in [0.1, 0.15) is 22.0 Å². The van der Waals surface area contributed by atoms with Gasteiger partial charge in [0.05, 0.1) is 12.7 Å². The van der Waals surface area contributed by atoms with Crippen LogP contribution in [-0.2, 0) is 10.1 Å². The first-order valence-electron chi connectivity index (χ1n) is 9.10. The van der Waals surface area contributed by atoms with E-state index in [0.29, 0.717) is 33.4 Å². The number of aryl methyl sites for hydroxylation is 1. The number of fused-ring (bicyclic) bond motifs is 1. The topological polar surface area (TPSA) is 82.8 Å². The van der Waals surface area contributed by atoms with Gasteiger partial charge in [0, 0.05) is 5.39 Å². The third-order valence-corrected chi connectivity index (χ3v) is 6.01. The van der Waals surface area contributed by atoms with Gasteiger partial charge in [-0.05, 0) is 60.5 Å². The van der Waals surface area contributed by atoms with Gasteiger partial charge in [-0.1, -0.05) is 30.3 Å². The van der Waals surface area contributed by atoms with E-state index < -0.39 is 15.7 Å². The zero-order valence-corrected chi connectivity index (χ0v) is 17.1. The zero-order chi connectivity index (χ0) is 21.3. The summed E-state index contributed by atoms with van der Waals surface area (Å²) in [5, 5.41) is 0.584. The van der Waals surface area contributed by atoms with E-state index in [9.17, 15) is 13.2 Å². The highest BCUT2D eigenvalue weighted by Crippen LogP contribution is 2.31. The molecule has 0 aliphatic rings. The van der Waals surface area contributed by atoms with Crippen LogP contribution < -0.4 is 14.5 Å². The normalized spacial score (nSPS) is 11.4. The van der Waals surface area contributed by atoms with Crippen molar-refractivity contribution in [1.82, 2.24) is 0 Å². The van der Waals surface area contributed by atoms with Gasteiger partial charge in [0.25, 0.3) is 0 Å². The molecule has 0 spiro atoms. The van der Waals surface area contributed by atoms with Gasteiger partial charge in [0.2, 0.25) is 0 Å². The Morgan fingerprint density at radius 3 is 2.20 bits per heavy atom. The van der Waals surface area contributed by atoms with Crippen LogP contribution in [0.25, 0.3) is 22.1 Å². The molecule has 0 unspecified atom stereocenters. The minimum absolute atomic E-state index is 0.0559. The summed E-state index contributed by atoms with van der Waals surface area (Å²) in [4.78, 5) is 12.6. The summed E-state index contributed by atoms with van der Waals surface area (Å²) in [6.07, 6.45) is 0. The fraction of sp³-hybridized carbons (Fsp3) is 0.0870. The first-order chi connectivity index (χ1) is 14.4. The maximum atomic E-state index is 12.6. The summed E-state index contributed by atoms with van der Waals surface area (Å²) < 4.78 is 41.0. The van der Waals surface area contributed by atoms with Gasteiger partial charge in [-0.15, -0.1) is 0 Å². The van der Waals surface area contributed by atoms with E-state index in [2.05, 4.69) is 0 Å². The Labute approximate surface area is 173 Å². The number of hydrogen-bond acceptors (Lipinski definition) is 6. The van der Waals surface area contributed by atoms with Gasteiger partial charge in [-0.2, -0.15) is 8.42 Å². The average molecular weight is 422 g/mol. The van der Waals surface area contributed by atoms with Gasteiger partial charge in [-0.3, -0.25) is 0 Å². The standard InChI is InChI=1S/C23H18O6S/c1-15-20-14-18(29-30(25,26)19-6-4-3-5-7-19)12-13-21(20)28-23(24)22(15)16-8-10-17(27-2)11-9-16/h3-14H,1-2H3. The lowest BCUT2D eigenvalue weighted by Gasteiger charge is -2.11. The van der Waals surface area contributed by atoms with E-state index in [1.165, 1.54) is 24.3 Å². The Balaban J connectivity index is 1.79. The van der Waals surface area contributed by atoms with E-state index in [0.717, 1.165) is 0 Å². The largest absolute Gasteiger partial charge is 0.497 e. The number of methoxy groups -OCH3 is 1. The van der Waals surface area contributed by atoms with Crippen LogP contribution in [0.5, 0.6) is 11.5 Å². The molecule has 0 atom stereocenters. The average Bonchev–Trinajstić information content (AvgIpc) is 2.75. The van der Waals surface area contributed by atoms with Gasteiger partial charge in [-0.25, -0.2) is 4.79 Å². The van der Waals surface area contributed by atoms with Gasteiger partial charge >= 0.3 is 15.7 Å². The lowest BCUT2D eigenvalue weighted by molar-refractivity contribution is 0.415. The molecule has 0 radical (unpaired) electrons. The lowest BCUT2D eigenvalue weighted by atomic mass is 9.99. The van der Waals surface area contributed by atoms with Crippen LogP contribution in [0.1, 0.15) is 5.56 Å². The maximum absolute atomic E-state index is 12.6. The molecule has 0 fully saturated rings. The molecule has 7 heteroatoms. The number of ether oxygens (including phenoxy) is 1. The summed E-state index contributed by atoms with van der Waals surface area (Å²) in [5.74, 6) is 0.798. The summed E-state index contributed by atoms with van der Waals surface area (Å²) in [6, 6.07) is 19.5. The Morgan fingerprint density at radius 2 is 1.53 bits per heavy atom. The minimum Gasteiger partial charge on any atom is -0.497 e. The van der Waals surface area contributed by atoms with Crippen molar-refractivity contribution in [3.05, 3.63) is 88.8 Å². The monoisotopic (exact) mass is 422 g/mol. The van der Waals surface area contributed by atoms with Crippen molar-refractivity contribution in [2.75, 3.05) is 7.11 Å². The molecule has 0 aliphatic heterocycles. The lowest BCUT2D eigenvalue weighted by Crippen LogP contribution is -2.10. The van der Waals surface area contributed by atoms with Crippen molar-refractivity contribution in [2.24, 2.45) is 0 Å². The van der Waals surface area contributed by atoms with E-state index >= 15 is 0 Å². The van der Waals surface area contributed by atoms with Crippen LogP contribution in [-0.4, -0.2) is 15.5 Å². The van der Waals surface area contributed by atoms with Crippen LogP contribution in [0.15, 0.2) is 86.9 Å². The third-order valence-electron chi connectivity index (χ3n) is 4.75. The molecule has 0 saturated carbocycles. The molecule has 30 heavy (non-hydrogen) atoms. The fourth-order valence-electron chi connectivity index (χ4n) is 3.24. The highest BCUT2D eigenvalue weighted by molar-refractivity contribution is 7.87. The molecule has 152 valence electrons. The van der Waals surface area contributed by atoms with Crippen LogP contribution in [0.2, 0.25) is 0 Å². The highest BCUT2D eigenvalue weighted by Gasteiger charge is 2.18. The molecule has 4 rings (SSSR count). The van der Waals surface area contributed by atoms with Crippen molar-refractivity contribution in [2.45, 2.75) is 11.8 Å². The molecule has 0 N–H and O–H groups in total. The molecular weight excluding hydrogens is 404 g/mol. The summed E-state index contributed by atoms with van der Waals surface area (Å²) in [7, 11) is -2.41. The van der Waals surface area contributed by atoms with Crippen molar-refractivity contribution in [3.8, 4) is 22.6 Å². The predicted octanol–water partition coefficient (Wildman–Crippen LogP) is 4.54. The van der Waals surface area contributed by atoms with Crippen LogP contribution in [0.4, 0.5) is 0 Å². The van der Waals surface area contributed by atoms with E-state index in [1.807, 2.05) is 0 Å². The molecule has 0 aliphatic carbocycles. The first-order valence-corrected chi connectivity index (χ1v) is 10.5. The molecule has 0 amide bonds. The number of rotatable bonds is 5. The quantitative estimate of drug-likeness (QED) is 0.347. The van der Waals surface area contributed by atoms with E-state index in [4.69, 9.17) is 13.3 Å². The van der Waals surface area contributed by atoms with Crippen molar-refractivity contribution >= 4 is 21.1 Å². The molecule has 1 heterocycles. The Morgan fingerprint density at radius 1 is 0.867 bits per heavy atom. The highest BCUT2D eigenvalue weighted by atomic mass is 32.2. The van der Waals surface area contributed by atoms with Crippen molar-refractivity contribution in [3.63, 3.8) is 0 Å². The Hall–Kier alpha value is -3.58. The van der Waals surface area contributed by atoms with Gasteiger partial charge < -0.3 is 13.3 Å². The SMILES string of the molecule is COc1ccc(-c2c(C)c3cc(OS(=O)(=O)c4ccccc4)ccc3oc2=O)cc1. The van der Waals surface area contributed by atoms with Crippen LogP contribution in [0.3, 0.4) is 0 Å². The van der Waals surface area contributed by atoms with E-state index in [1.54, 1.807) is 62.6 Å². The second-order valence-electron chi connectivity index (χ2n) is 6.63. The fourth-order valence-corrected chi connectivity index (χ4v) is 4.18. The summed E-state index contributed by atoms with van der Waals surface area (Å²) in [5.41, 5.74) is 1.60. The first kappa shape index (κ1) is 19.7. The van der Waals surface area contributed by atoms with Crippen LogP contribution in [0, 0.1) is 6.92 Å². The summed E-state index contributed by atoms with van der Waals surface area (Å²) in [6.45, 7) is 1.79. The van der Waals surface area contributed by atoms with Crippen molar-refractivity contribution in [1.29, 1.82) is 0 Å². The number of benzene rings is 3. The molecule has 1 aromatic heterocycles. The molecule has 6 nitrogen and oxygen atoms in total. The van der Waals surface area contributed by atoms with Crippen molar-refractivity contribution < 1.29 is 21.8 Å². The molecule has 0 bridgehead atoms. The molecular formula is C23H18O6S. The molecule has 4 aromatic rings. The maximum Gasteiger partial charge on any atom is 0.344 e. The second-order valence-corrected chi connectivity index (χ2v) is 8.17. The smallest absolute Gasteiger partial charge is 0.344 e. The number of hydrogen-bond donors (Lipinski definition) is 0. The molecule has 0 saturated heterocycles. The predicted molar refractivity (Wildman–Crippen MR) is 113 cm³/mol. The van der Waals surface area contributed by atoms with E-state index in [-0.39, 0.29) is 10.6 Å². The molecule has 3 aromatic carbocycles. The third kappa shape index (κ3) is 3.67. The van der Waals surface area contributed by atoms with Crippen LogP contribution >= 0.6 is 0 Å². The second kappa shape index (κ2) is 7.68. The summed E-state index contributed by atoms with van der Waals surface area (Å²) >= 11 is 0. The van der Waals surface area contributed by atoms with Gasteiger partial charge in [0.15, 0.2) is 0 Å². The Bertz CT molecular complexity index is 1370. The minimum atomic E-state index is -3.98. The zero-order valence-electron chi connectivity index (χ0n) is 16.3. The Kier molecular flexibility index (Phi) is 5.05.